The highest BCUT2D eigenvalue weighted by molar-refractivity contribution is 6.33. The number of nitrogens with zero attached hydrogens (tertiary/aromatic N) is 3. The number of nitrogen functional groups attached to an aromatic ring is 1. The second kappa shape index (κ2) is 8.71. The molecule has 0 aliphatic rings. The average molecular weight is 401 g/mol. The van der Waals surface area contributed by atoms with E-state index in [0.717, 1.165) is 17.5 Å². The van der Waals surface area contributed by atoms with Crippen molar-refractivity contribution in [2.45, 2.75) is 26.2 Å². The largest absolute Gasteiger partial charge is 0.382 e. The Labute approximate surface area is 167 Å². The summed E-state index contributed by atoms with van der Waals surface area (Å²) in [5.41, 5.74) is 8.09. The molecule has 3 rings (SSSR count). The van der Waals surface area contributed by atoms with E-state index in [2.05, 4.69) is 20.6 Å². The first-order valence-electron chi connectivity index (χ1n) is 8.87. The molecule has 146 valence electrons. The summed E-state index contributed by atoms with van der Waals surface area (Å²) in [6.45, 7) is 2.05. The van der Waals surface area contributed by atoms with Crippen LogP contribution in [0, 0.1) is 0 Å². The average Bonchev–Trinajstić information content (AvgIpc) is 3.04. The SMILES string of the molecule is CC(=O)NCCCCC(=O)Nc1cn2cc(-c3cnc(N)c(Cl)c3)ccc2n1. The molecule has 0 aromatic carbocycles. The van der Waals surface area contributed by atoms with Crippen LogP contribution < -0.4 is 16.4 Å². The van der Waals surface area contributed by atoms with Crippen molar-refractivity contribution >= 4 is 40.7 Å². The Morgan fingerprint density at radius 3 is 2.79 bits per heavy atom. The number of unbranched alkanes of at least 4 members (excludes halogenated alkanes) is 1. The molecule has 0 bridgehead atoms. The number of nitrogens with two attached hydrogens (primary N) is 1. The quantitative estimate of drug-likeness (QED) is 0.527. The highest BCUT2D eigenvalue weighted by Crippen LogP contribution is 2.25. The van der Waals surface area contributed by atoms with Crippen LogP contribution in [-0.4, -0.2) is 32.7 Å². The predicted octanol–water partition coefficient (Wildman–Crippen LogP) is 2.88. The minimum absolute atomic E-state index is 0.0643. The van der Waals surface area contributed by atoms with Crippen LogP contribution >= 0.6 is 11.6 Å². The van der Waals surface area contributed by atoms with Gasteiger partial charge in [-0.05, 0) is 31.0 Å². The van der Waals surface area contributed by atoms with Crippen molar-refractivity contribution in [2.24, 2.45) is 0 Å². The van der Waals surface area contributed by atoms with Crippen LogP contribution in [0.5, 0.6) is 0 Å². The molecule has 4 N–H and O–H groups in total. The molecule has 0 saturated carbocycles. The second-order valence-corrected chi connectivity index (χ2v) is 6.80. The van der Waals surface area contributed by atoms with E-state index in [1.165, 1.54) is 6.92 Å². The number of carbonyl (C=O) groups excluding carboxylic acids is 2. The fourth-order valence-corrected chi connectivity index (χ4v) is 2.88. The molecule has 0 aliphatic carbocycles. The molecule has 0 saturated heterocycles. The zero-order valence-electron chi connectivity index (χ0n) is 15.4. The normalized spacial score (nSPS) is 10.8. The van der Waals surface area contributed by atoms with Gasteiger partial charge in [0.05, 0.1) is 11.2 Å². The van der Waals surface area contributed by atoms with Crippen LogP contribution in [0.1, 0.15) is 26.2 Å². The first-order valence-corrected chi connectivity index (χ1v) is 9.24. The van der Waals surface area contributed by atoms with Crippen LogP contribution in [-0.2, 0) is 9.59 Å². The topological polar surface area (TPSA) is 114 Å². The molecule has 28 heavy (non-hydrogen) atoms. The highest BCUT2D eigenvalue weighted by atomic mass is 35.5. The van der Waals surface area contributed by atoms with E-state index in [0.29, 0.717) is 35.9 Å². The minimum atomic E-state index is -0.110. The monoisotopic (exact) mass is 400 g/mol. The smallest absolute Gasteiger partial charge is 0.225 e. The van der Waals surface area contributed by atoms with Gasteiger partial charge >= 0.3 is 0 Å². The van der Waals surface area contributed by atoms with E-state index in [1.54, 1.807) is 18.5 Å². The van der Waals surface area contributed by atoms with Crippen molar-refractivity contribution < 1.29 is 9.59 Å². The fraction of sp³-hybridized carbons (Fsp3) is 0.263. The fourth-order valence-electron chi connectivity index (χ4n) is 2.71. The number of aromatic nitrogens is 3. The number of fused-ring (bicyclic) bond motifs is 1. The van der Waals surface area contributed by atoms with Gasteiger partial charge in [0.15, 0.2) is 5.82 Å². The Morgan fingerprint density at radius 2 is 2.04 bits per heavy atom. The molecule has 0 aliphatic heterocycles. The zero-order valence-corrected chi connectivity index (χ0v) is 16.2. The lowest BCUT2D eigenvalue weighted by molar-refractivity contribution is -0.119. The van der Waals surface area contributed by atoms with Gasteiger partial charge in [-0.3, -0.25) is 9.59 Å². The maximum atomic E-state index is 12.1. The first-order chi connectivity index (χ1) is 13.4. The van der Waals surface area contributed by atoms with Crippen molar-refractivity contribution in [2.75, 3.05) is 17.6 Å². The van der Waals surface area contributed by atoms with Gasteiger partial charge in [0.2, 0.25) is 11.8 Å². The van der Waals surface area contributed by atoms with Crippen molar-refractivity contribution in [1.29, 1.82) is 0 Å². The van der Waals surface area contributed by atoms with E-state index >= 15 is 0 Å². The molecule has 9 heteroatoms. The van der Waals surface area contributed by atoms with Crippen LogP contribution in [0.2, 0.25) is 5.02 Å². The summed E-state index contributed by atoms with van der Waals surface area (Å²) in [6, 6.07) is 5.51. The molecule has 3 aromatic heterocycles. The summed E-state index contributed by atoms with van der Waals surface area (Å²) < 4.78 is 1.83. The third-order valence-corrected chi connectivity index (χ3v) is 4.43. The third-order valence-electron chi connectivity index (χ3n) is 4.13. The molecular formula is C19H21ClN6O2. The van der Waals surface area contributed by atoms with E-state index in [4.69, 9.17) is 17.3 Å². The molecule has 2 amide bonds. The lowest BCUT2D eigenvalue weighted by Gasteiger charge is -2.04. The summed E-state index contributed by atoms with van der Waals surface area (Å²) in [4.78, 5) is 31.3. The summed E-state index contributed by atoms with van der Waals surface area (Å²) in [7, 11) is 0. The number of amides is 2. The minimum Gasteiger partial charge on any atom is -0.382 e. The molecular weight excluding hydrogens is 380 g/mol. The van der Waals surface area contributed by atoms with E-state index in [9.17, 15) is 9.59 Å². The number of imidazole rings is 1. The second-order valence-electron chi connectivity index (χ2n) is 6.39. The van der Waals surface area contributed by atoms with Crippen LogP contribution in [0.15, 0.2) is 36.8 Å². The van der Waals surface area contributed by atoms with Gasteiger partial charge in [-0.2, -0.15) is 0 Å². The Morgan fingerprint density at radius 1 is 1.21 bits per heavy atom. The number of nitrogens with one attached hydrogen (secondary N) is 2. The standard InChI is InChI=1S/C19H21ClN6O2/c1-12(27)22-7-3-2-4-18(28)25-16-11-26-10-13(5-6-17(26)24-16)14-8-15(20)19(21)23-9-14/h5-6,8-11H,2-4,7H2,1H3,(H2,21,23)(H,22,27)(H,25,28). The first kappa shape index (κ1) is 19.6. The molecule has 8 nitrogen and oxygen atoms in total. The van der Waals surface area contributed by atoms with E-state index < -0.39 is 0 Å². The van der Waals surface area contributed by atoms with Crippen molar-refractivity contribution in [3.8, 4) is 11.1 Å². The lowest BCUT2D eigenvalue weighted by atomic mass is 10.1. The molecule has 3 aromatic rings. The van der Waals surface area contributed by atoms with Crippen molar-refractivity contribution in [3.63, 3.8) is 0 Å². The van der Waals surface area contributed by atoms with Crippen molar-refractivity contribution in [3.05, 3.63) is 41.8 Å². The Kier molecular flexibility index (Phi) is 6.10. The lowest BCUT2D eigenvalue weighted by Crippen LogP contribution is -2.21. The van der Waals surface area contributed by atoms with Crippen LogP contribution in [0.25, 0.3) is 16.8 Å². The van der Waals surface area contributed by atoms with Gasteiger partial charge < -0.3 is 20.8 Å². The summed E-state index contributed by atoms with van der Waals surface area (Å²) in [5.74, 6) is 0.597. The Balaban J connectivity index is 1.63. The van der Waals surface area contributed by atoms with Gasteiger partial charge in [-0.15, -0.1) is 0 Å². The van der Waals surface area contributed by atoms with Crippen LogP contribution in [0.4, 0.5) is 11.6 Å². The van der Waals surface area contributed by atoms with E-state index in [1.807, 2.05) is 22.7 Å². The predicted molar refractivity (Wildman–Crippen MR) is 109 cm³/mol. The van der Waals surface area contributed by atoms with Gasteiger partial charge in [0.1, 0.15) is 11.5 Å². The number of carbonyl (C=O) groups is 2. The maximum absolute atomic E-state index is 12.1. The zero-order chi connectivity index (χ0) is 20.1. The van der Waals surface area contributed by atoms with Gasteiger partial charge in [0.25, 0.3) is 0 Å². The maximum Gasteiger partial charge on any atom is 0.225 e. The number of hydrogen-bond acceptors (Lipinski definition) is 5. The number of hydrogen-bond donors (Lipinski definition) is 3. The number of rotatable bonds is 7. The molecule has 0 atom stereocenters. The molecule has 0 unspecified atom stereocenters. The van der Waals surface area contributed by atoms with Crippen molar-refractivity contribution in [1.82, 2.24) is 19.7 Å². The van der Waals surface area contributed by atoms with Gasteiger partial charge in [-0.1, -0.05) is 11.6 Å². The molecule has 0 fully saturated rings. The number of pyridine rings is 2. The van der Waals surface area contributed by atoms with Gasteiger partial charge in [-0.25, -0.2) is 9.97 Å². The number of anilines is 2. The highest BCUT2D eigenvalue weighted by Gasteiger charge is 2.08. The molecule has 0 spiro atoms. The molecule has 0 radical (unpaired) electrons. The Bertz CT molecular complexity index is 1020. The third kappa shape index (κ3) is 4.98. The molecule has 3 heterocycles. The Hall–Kier alpha value is -3.13. The van der Waals surface area contributed by atoms with Gasteiger partial charge in [0, 0.05) is 43.4 Å². The van der Waals surface area contributed by atoms with E-state index in [-0.39, 0.29) is 17.6 Å². The van der Waals surface area contributed by atoms with Crippen LogP contribution in [0.3, 0.4) is 0 Å². The summed E-state index contributed by atoms with van der Waals surface area (Å²) in [5, 5.41) is 5.90. The summed E-state index contributed by atoms with van der Waals surface area (Å²) in [6.07, 6.45) is 7.10. The summed E-state index contributed by atoms with van der Waals surface area (Å²) >= 11 is 6.05. The number of halogens is 1.